The van der Waals surface area contributed by atoms with Gasteiger partial charge in [-0.1, -0.05) is 205 Å². The molecule has 3 atom stereocenters. The zero-order valence-electron chi connectivity index (χ0n) is 45.4. The Balaban J connectivity index is 0.000000172. The Morgan fingerprint density at radius 1 is 0.562 bits per heavy atom. The first kappa shape index (κ1) is 59.5. The first-order chi connectivity index (χ1) is 39.1. The summed E-state index contributed by atoms with van der Waals surface area (Å²) in [7, 11) is 7.67. The molecule has 0 saturated carbocycles. The molecule has 3 aliphatic heterocycles. The van der Waals surface area contributed by atoms with Crippen LogP contribution in [0.15, 0.2) is 194 Å². The molecule has 12 rings (SSSR count). The van der Waals surface area contributed by atoms with E-state index in [2.05, 4.69) is 123 Å². The number of aliphatic hydroxyl groups is 1. The zero-order chi connectivity index (χ0) is 55.9. The monoisotopic (exact) mass is 1150 g/mol. The number of benzene rings is 8. The number of carbonyl (C=O) groups is 2. The van der Waals surface area contributed by atoms with E-state index in [9.17, 15) is 9.59 Å². The molecule has 0 aromatic heterocycles. The molecule has 3 saturated heterocycles. The number of aliphatic hydroxyl groups excluding tert-OH is 1. The Kier molecular flexibility index (Phi) is 23.4. The molecule has 14 heteroatoms. The van der Waals surface area contributed by atoms with Gasteiger partial charge in [-0.2, -0.15) is 0 Å². The normalized spacial score (nSPS) is 16.0. The fourth-order valence-corrected chi connectivity index (χ4v) is 8.39. The molecule has 10 nitrogen and oxygen atoms in total. The van der Waals surface area contributed by atoms with Crippen LogP contribution < -0.4 is 19.5 Å². The number of rotatable bonds is 15. The van der Waals surface area contributed by atoms with Gasteiger partial charge in [-0.25, -0.2) is 4.79 Å². The summed E-state index contributed by atoms with van der Waals surface area (Å²) in [6.45, 7) is 10.4. The van der Waals surface area contributed by atoms with Crippen LogP contribution in [-0.4, -0.2) is 53.0 Å². The molecule has 414 valence electrons. The van der Waals surface area contributed by atoms with Gasteiger partial charge in [0.15, 0.2) is 6.29 Å². The van der Waals surface area contributed by atoms with Crippen LogP contribution >= 0.6 is 43.2 Å². The third kappa shape index (κ3) is 19.6. The first-order valence-corrected chi connectivity index (χ1v) is 31.4. The number of alkyl carbamates (subject to hydrolysis) is 1. The minimum atomic E-state index is -0.512. The molecule has 1 amide bonds. The summed E-state index contributed by atoms with van der Waals surface area (Å²) in [4.78, 5) is 23.2. The fourth-order valence-electron chi connectivity index (χ4n) is 8.39. The van der Waals surface area contributed by atoms with Crippen molar-refractivity contribution in [2.75, 3.05) is 23.4 Å². The predicted molar refractivity (Wildman–Crippen MR) is 329 cm³/mol. The Labute approximate surface area is 486 Å². The van der Waals surface area contributed by atoms with Crippen LogP contribution in [0, 0.1) is 20.8 Å². The van der Waals surface area contributed by atoms with Gasteiger partial charge >= 0.3 is 6.09 Å². The second-order valence-corrected chi connectivity index (χ2v) is 24.8. The van der Waals surface area contributed by atoms with Crippen LogP contribution in [0.3, 0.4) is 0 Å². The highest BCUT2D eigenvalue weighted by Crippen LogP contribution is 2.45. The average Bonchev–Trinajstić information content (AvgIpc) is 4.45. The van der Waals surface area contributed by atoms with Crippen LogP contribution in [0.1, 0.15) is 85.1 Å². The van der Waals surface area contributed by atoms with Gasteiger partial charge in [0.2, 0.25) is 0 Å². The van der Waals surface area contributed by atoms with Crippen molar-refractivity contribution < 1.29 is 43.1 Å². The minimum absolute atomic E-state index is 0.0163. The number of hydrogen-bond donors (Lipinski definition) is 2. The summed E-state index contributed by atoms with van der Waals surface area (Å²) in [6.07, 6.45) is -0.415. The number of fused-ring (bicyclic) bond motifs is 3. The highest BCUT2D eigenvalue weighted by Gasteiger charge is 2.33. The topological polar surface area (TPSA) is 122 Å². The van der Waals surface area contributed by atoms with Gasteiger partial charge < -0.3 is 38.8 Å². The predicted octanol–water partition coefficient (Wildman–Crippen LogP) is 16.0. The van der Waals surface area contributed by atoms with Gasteiger partial charge in [-0.3, -0.25) is 4.79 Å². The van der Waals surface area contributed by atoms with Crippen LogP contribution in [0.2, 0.25) is 0 Å². The van der Waals surface area contributed by atoms with Gasteiger partial charge in [-0.15, -0.1) is 0 Å². The van der Waals surface area contributed by atoms with Gasteiger partial charge in [0.05, 0.1) is 35.5 Å². The van der Waals surface area contributed by atoms with Gasteiger partial charge in [-0.05, 0) is 121 Å². The number of aryl methyl sites for hydroxylation is 3. The second-order valence-electron chi connectivity index (χ2n) is 19.2. The third-order valence-corrected chi connectivity index (χ3v) is 15.0. The smallest absolute Gasteiger partial charge is 0.407 e. The van der Waals surface area contributed by atoms with E-state index in [1.807, 2.05) is 123 Å². The first-order valence-electron chi connectivity index (χ1n) is 26.4. The molecular weight excluding hydrogens is 1080 g/mol. The van der Waals surface area contributed by atoms with Crippen LogP contribution in [0.5, 0.6) is 17.2 Å². The molecule has 0 spiro atoms. The molecule has 0 bridgehead atoms. The lowest BCUT2D eigenvalue weighted by Gasteiger charge is -2.35. The largest absolute Gasteiger partial charge is 0.489 e. The van der Waals surface area contributed by atoms with Crippen molar-refractivity contribution in [1.82, 2.24) is 5.32 Å². The van der Waals surface area contributed by atoms with Crippen molar-refractivity contribution in [2.24, 2.45) is 0 Å². The molecule has 4 aliphatic rings. The van der Waals surface area contributed by atoms with Crippen molar-refractivity contribution in [3.05, 3.63) is 255 Å². The van der Waals surface area contributed by atoms with E-state index in [0.29, 0.717) is 32.0 Å². The summed E-state index contributed by atoms with van der Waals surface area (Å²) in [5, 5.41) is 14.5. The van der Waals surface area contributed by atoms with Crippen molar-refractivity contribution in [3.63, 3.8) is 0 Å². The molecule has 0 radical (unpaired) electrons. The highest BCUT2D eigenvalue weighted by atomic mass is 33.2. The number of aldehydes is 1. The Morgan fingerprint density at radius 2 is 0.963 bits per heavy atom. The number of nitrogens with one attached hydrogen (secondary N) is 1. The van der Waals surface area contributed by atoms with Gasteiger partial charge in [0.25, 0.3) is 0 Å². The maximum atomic E-state index is 12.7. The molecule has 2 N–H and O–H groups in total. The van der Waals surface area contributed by atoms with E-state index in [0.717, 1.165) is 51.4 Å². The maximum absolute atomic E-state index is 12.7. The summed E-state index contributed by atoms with van der Waals surface area (Å²) in [5.74, 6) is 2.39. The van der Waals surface area contributed by atoms with E-state index >= 15 is 0 Å². The lowest BCUT2D eigenvalue weighted by molar-refractivity contribution is -0.223. The standard InChI is InChI=1S/C34H33NO5.C15H16O2.C15H14O2.2CH2S2/c1-22-11-13-24(14-12-22)19-37-26-17-15-25(16-18-26)33-38-21-32(23(2)40-33)35-34(36)39-20-31-29-9-5-3-7-27(29)28-8-4-6-10-30(28)31;2*1-12-2-4-14(5-3-12)11-17-15-8-6-13(10-16)7-9-15;2*1-2-3-1/h3-18,23,31-33H,19-21H2,1-2H3,(H,35,36);2-9,16H,10-11H2,1H3;2-10H,11H2,1H3;2*1H2. The highest BCUT2D eigenvalue weighted by molar-refractivity contribution is 8.92. The molecular formula is C66H67NO9S4. The molecule has 8 aromatic carbocycles. The average molecular weight is 1150 g/mol. The number of amides is 1. The van der Waals surface area contributed by atoms with Crippen molar-refractivity contribution in [2.45, 2.75) is 78.5 Å². The van der Waals surface area contributed by atoms with Crippen molar-refractivity contribution >= 4 is 55.6 Å². The van der Waals surface area contributed by atoms with E-state index < -0.39 is 12.4 Å². The summed E-state index contributed by atoms with van der Waals surface area (Å²) in [6, 6.07) is 63.4. The zero-order valence-corrected chi connectivity index (χ0v) is 48.6. The number of hydrogen-bond acceptors (Lipinski definition) is 13. The van der Waals surface area contributed by atoms with E-state index in [1.165, 1.54) is 49.1 Å². The summed E-state index contributed by atoms with van der Waals surface area (Å²) >= 11 is 0. The van der Waals surface area contributed by atoms with Crippen LogP contribution in [-0.2, 0) is 40.6 Å². The Bertz CT molecular complexity index is 3080. The molecule has 8 aromatic rings. The molecule has 80 heavy (non-hydrogen) atoms. The van der Waals surface area contributed by atoms with Crippen LogP contribution in [0.25, 0.3) is 11.1 Å². The fraction of sp³-hybridized carbons (Fsp3) is 0.242. The van der Waals surface area contributed by atoms with E-state index in [1.54, 1.807) is 24.3 Å². The number of ether oxygens (including phenoxy) is 6. The molecule has 3 unspecified atom stereocenters. The SMILES string of the molecule is C1SS1.C1SS1.Cc1ccc(COc2ccc(C3OCC(NC(=O)OCC4c5ccccc5-c5ccccc54)C(C)O3)cc2)cc1.Cc1ccc(COc2ccc(C=O)cc2)cc1.Cc1ccc(COc2ccc(CO)cc2)cc1. The van der Waals surface area contributed by atoms with Gasteiger partial charge in [0, 0.05) is 17.0 Å². The van der Waals surface area contributed by atoms with Crippen LogP contribution in [0.4, 0.5) is 4.79 Å². The van der Waals surface area contributed by atoms with Crippen molar-refractivity contribution in [3.8, 4) is 28.4 Å². The Morgan fingerprint density at radius 3 is 1.36 bits per heavy atom. The molecule has 1 aliphatic carbocycles. The minimum Gasteiger partial charge on any atom is -0.489 e. The molecule has 3 heterocycles. The van der Waals surface area contributed by atoms with E-state index in [-0.39, 0.29) is 31.3 Å². The number of carbonyl (C=O) groups excluding carboxylic acids is 2. The summed E-state index contributed by atoms with van der Waals surface area (Å²) in [5.41, 5.74) is 14.4. The van der Waals surface area contributed by atoms with Crippen molar-refractivity contribution in [1.29, 1.82) is 0 Å². The second kappa shape index (κ2) is 31.4. The molecule has 3 fully saturated rings. The summed E-state index contributed by atoms with van der Waals surface area (Å²) < 4.78 is 34.9. The Hall–Kier alpha value is -6.62. The lowest BCUT2D eigenvalue weighted by Crippen LogP contribution is -2.50. The van der Waals surface area contributed by atoms with Gasteiger partial charge in [0.1, 0.15) is 50.0 Å². The third-order valence-electron chi connectivity index (χ3n) is 13.1. The maximum Gasteiger partial charge on any atom is 0.407 e. The lowest BCUT2D eigenvalue weighted by atomic mass is 9.98. The van der Waals surface area contributed by atoms with E-state index in [4.69, 9.17) is 33.5 Å². The quantitative estimate of drug-likeness (QED) is 0.0576.